The van der Waals surface area contributed by atoms with E-state index in [1.165, 1.54) is 57.3 Å². The van der Waals surface area contributed by atoms with Crippen molar-refractivity contribution < 1.29 is 0 Å². The smallest absolute Gasteiger partial charge is 0.0367 e. The summed E-state index contributed by atoms with van der Waals surface area (Å²) in [5.41, 5.74) is 7.92. The van der Waals surface area contributed by atoms with Gasteiger partial charge in [-0.15, -0.1) is 0 Å². The van der Waals surface area contributed by atoms with Crippen molar-refractivity contribution in [2.24, 2.45) is 0 Å². The maximum Gasteiger partial charge on any atom is 0.0367 e. The van der Waals surface area contributed by atoms with Gasteiger partial charge in [0.25, 0.3) is 0 Å². The molecule has 0 saturated carbocycles. The van der Waals surface area contributed by atoms with Crippen LogP contribution < -0.4 is 10.6 Å². The number of nitrogens with two attached hydrogens (primary N) is 1. The molecule has 0 aliphatic heterocycles. The van der Waals surface area contributed by atoms with Gasteiger partial charge in [0.2, 0.25) is 0 Å². The van der Waals surface area contributed by atoms with Crippen molar-refractivity contribution in [3.05, 3.63) is 24.3 Å². The summed E-state index contributed by atoms with van der Waals surface area (Å²) in [5.74, 6) is 0. The summed E-state index contributed by atoms with van der Waals surface area (Å²) in [4.78, 5) is 2.50. The number of unbranched alkanes of at least 4 members (excludes halogenated alkanes) is 4. The molecule has 2 N–H and O–H groups in total. The molecule has 1 rings (SSSR count). The Morgan fingerprint density at radius 2 is 1.33 bits per heavy atom. The van der Waals surface area contributed by atoms with Crippen molar-refractivity contribution >= 4 is 11.4 Å². The highest BCUT2D eigenvalue weighted by molar-refractivity contribution is 5.53. The molecule has 0 aliphatic rings. The van der Waals surface area contributed by atoms with Crippen molar-refractivity contribution in [2.75, 3.05) is 23.7 Å². The highest BCUT2D eigenvalue weighted by Gasteiger charge is 2.05. The zero-order chi connectivity index (χ0) is 13.2. The van der Waals surface area contributed by atoms with Gasteiger partial charge >= 0.3 is 0 Å². The maximum absolute atomic E-state index is 5.75. The minimum absolute atomic E-state index is 0.848. The normalized spacial score (nSPS) is 10.6. The van der Waals surface area contributed by atoms with E-state index >= 15 is 0 Å². The third-order valence-corrected chi connectivity index (χ3v) is 3.32. The summed E-state index contributed by atoms with van der Waals surface area (Å²) in [6.45, 7) is 6.85. The quantitative estimate of drug-likeness (QED) is 0.516. The minimum Gasteiger partial charge on any atom is -0.399 e. The Balaban J connectivity index is 2.54. The lowest BCUT2D eigenvalue weighted by atomic mass is 10.2. The van der Waals surface area contributed by atoms with Crippen molar-refractivity contribution in [3.63, 3.8) is 0 Å². The molecule has 18 heavy (non-hydrogen) atoms. The number of nitrogen functional groups attached to an aromatic ring is 1. The average molecular weight is 248 g/mol. The number of benzene rings is 1. The lowest BCUT2D eigenvalue weighted by Gasteiger charge is -2.25. The topological polar surface area (TPSA) is 29.3 Å². The van der Waals surface area contributed by atoms with Crippen molar-refractivity contribution in [2.45, 2.75) is 52.4 Å². The molecule has 0 spiro atoms. The summed E-state index contributed by atoms with van der Waals surface area (Å²) < 4.78 is 0. The first-order valence-electron chi connectivity index (χ1n) is 7.38. The first kappa shape index (κ1) is 14.9. The lowest BCUT2D eigenvalue weighted by Crippen LogP contribution is -2.25. The fourth-order valence-corrected chi connectivity index (χ4v) is 2.16. The number of anilines is 2. The lowest BCUT2D eigenvalue weighted by molar-refractivity contribution is 0.636. The average Bonchev–Trinajstić information content (AvgIpc) is 2.38. The first-order chi connectivity index (χ1) is 8.77. The molecule has 0 radical (unpaired) electrons. The molecular weight excluding hydrogens is 220 g/mol. The molecule has 0 amide bonds. The Hall–Kier alpha value is -1.18. The number of hydrogen-bond acceptors (Lipinski definition) is 2. The molecule has 2 heteroatoms. The van der Waals surface area contributed by atoms with E-state index in [-0.39, 0.29) is 0 Å². The van der Waals surface area contributed by atoms with Gasteiger partial charge in [0.05, 0.1) is 0 Å². The molecular formula is C16H28N2. The van der Waals surface area contributed by atoms with E-state index in [9.17, 15) is 0 Å². The van der Waals surface area contributed by atoms with Crippen molar-refractivity contribution in [3.8, 4) is 0 Å². The van der Waals surface area contributed by atoms with Crippen LogP contribution >= 0.6 is 0 Å². The second kappa shape index (κ2) is 8.84. The van der Waals surface area contributed by atoms with Gasteiger partial charge in [0.1, 0.15) is 0 Å². The van der Waals surface area contributed by atoms with Crippen LogP contribution in [0.1, 0.15) is 52.4 Å². The van der Waals surface area contributed by atoms with Gasteiger partial charge in [-0.3, -0.25) is 0 Å². The summed E-state index contributed by atoms with van der Waals surface area (Å²) in [6, 6.07) is 8.30. The van der Waals surface area contributed by atoms with Crippen LogP contribution in [0.4, 0.5) is 11.4 Å². The van der Waals surface area contributed by atoms with Crippen LogP contribution in [0, 0.1) is 0 Å². The van der Waals surface area contributed by atoms with Crippen molar-refractivity contribution in [1.29, 1.82) is 0 Å². The van der Waals surface area contributed by atoms with Crippen LogP contribution in [0.5, 0.6) is 0 Å². The second-order valence-electron chi connectivity index (χ2n) is 4.99. The van der Waals surface area contributed by atoms with Gasteiger partial charge in [0.15, 0.2) is 0 Å². The molecule has 102 valence electrons. The molecule has 0 saturated heterocycles. The molecule has 0 aromatic heterocycles. The Kier molecular flexibility index (Phi) is 7.31. The number of nitrogens with zero attached hydrogens (tertiary/aromatic N) is 1. The zero-order valence-corrected chi connectivity index (χ0v) is 12.0. The zero-order valence-electron chi connectivity index (χ0n) is 12.0. The maximum atomic E-state index is 5.75. The van der Waals surface area contributed by atoms with Crippen molar-refractivity contribution in [1.82, 2.24) is 0 Å². The molecule has 1 aromatic carbocycles. The van der Waals surface area contributed by atoms with Crippen LogP contribution in [-0.2, 0) is 0 Å². The predicted molar refractivity (Wildman–Crippen MR) is 82.1 cm³/mol. The van der Waals surface area contributed by atoms with E-state index in [2.05, 4.69) is 30.9 Å². The first-order valence-corrected chi connectivity index (χ1v) is 7.38. The monoisotopic (exact) mass is 248 g/mol. The highest BCUT2D eigenvalue weighted by atomic mass is 15.1. The molecule has 1 aromatic rings. The standard InChI is InChI=1S/C16H28N2/c1-3-5-7-13-18(14-8-6-4-2)16-11-9-15(17)10-12-16/h9-12H,3-8,13-14,17H2,1-2H3. The summed E-state index contributed by atoms with van der Waals surface area (Å²) in [5, 5.41) is 0. The van der Waals surface area contributed by atoms with Gasteiger partial charge in [-0.2, -0.15) is 0 Å². The van der Waals surface area contributed by atoms with Crippen LogP contribution in [-0.4, -0.2) is 13.1 Å². The van der Waals surface area contributed by atoms with Gasteiger partial charge in [-0.25, -0.2) is 0 Å². The fourth-order valence-electron chi connectivity index (χ4n) is 2.16. The van der Waals surface area contributed by atoms with Gasteiger partial charge in [-0.1, -0.05) is 39.5 Å². The van der Waals surface area contributed by atoms with E-state index < -0.39 is 0 Å². The number of rotatable bonds is 9. The third-order valence-electron chi connectivity index (χ3n) is 3.32. The van der Waals surface area contributed by atoms with E-state index in [1.807, 2.05) is 12.1 Å². The third kappa shape index (κ3) is 5.44. The highest BCUT2D eigenvalue weighted by Crippen LogP contribution is 2.18. The summed E-state index contributed by atoms with van der Waals surface area (Å²) >= 11 is 0. The van der Waals surface area contributed by atoms with E-state index in [0.717, 1.165) is 5.69 Å². The Morgan fingerprint density at radius 3 is 1.78 bits per heavy atom. The summed E-state index contributed by atoms with van der Waals surface area (Å²) in [7, 11) is 0. The van der Waals surface area contributed by atoms with Gasteiger partial charge < -0.3 is 10.6 Å². The van der Waals surface area contributed by atoms with Crippen LogP contribution in [0.2, 0.25) is 0 Å². The minimum atomic E-state index is 0.848. The SMILES string of the molecule is CCCCCN(CCCCC)c1ccc(N)cc1. The Bertz CT molecular complexity index is 295. The molecule has 0 bridgehead atoms. The number of hydrogen-bond donors (Lipinski definition) is 1. The predicted octanol–water partition coefficient (Wildman–Crippen LogP) is 4.46. The molecule has 2 nitrogen and oxygen atoms in total. The van der Waals surface area contributed by atoms with Crippen LogP contribution in [0.25, 0.3) is 0 Å². The van der Waals surface area contributed by atoms with E-state index in [0.29, 0.717) is 0 Å². The molecule has 0 fully saturated rings. The fraction of sp³-hybridized carbons (Fsp3) is 0.625. The van der Waals surface area contributed by atoms with Gasteiger partial charge in [-0.05, 0) is 37.1 Å². The second-order valence-corrected chi connectivity index (χ2v) is 4.99. The van der Waals surface area contributed by atoms with Crippen LogP contribution in [0.3, 0.4) is 0 Å². The molecule has 0 aliphatic carbocycles. The molecule has 0 heterocycles. The van der Waals surface area contributed by atoms with Gasteiger partial charge in [0, 0.05) is 24.5 Å². The largest absolute Gasteiger partial charge is 0.399 e. The van der Waals surface area contributed by atoms with E-state index in [4.69, 9.17) is 5.73 Å². The summed E-state index contributed by atoms with van der Waals surface area (Å²) in [6.07, 6.45) is 7.77. The Morgan fingerprint density at radius 1 is 0.833 bits per heavy atom. The molecule has 0 atom stereocenters. The Labute approximate surface area is 112 Å². The van der Waals surface area contributed by atoms with Crippen LogP contribution in [0.15, 0.2) is 24.3 Å². The van der Waals surface area contributed by atoms with E-state index in [1.54, 1.807) is 0 Å². The molecule has 0 unspecified atom stereocenters.